The molecule has 10 heteroatoms. The second kappa shape index (κ2) is 38.6. The first-order valence-electron chi connectivity index (χ1n) is 19.8. The van der Waals surface area contributed by atoms with E-state index >= 15 is 0 Å². The van der Waals surface area contributed by atoms with Crippen LogP contribution in [0.15, 0.2) is 97.2 Å². The standard InChI is InChI=1S/C43H70NO8P/c1-3-5-7-9-11-13-15-17-19-20-22-23-25-27-29-31-33-35-42(45)49-39-41(40-51-53(47,48)50-38-37-44)52-43(46)36-34-32-30-28-26-24-21-18-16-14-12-10-8-6-4-2/h6,8,10-14,16-19,21-23,27,29,41H,3-5,7,9,15,20,24-26,28,30-40,44H2,1-2H3,(H,47,48)/b8-6+,12-10+,13-11+,16-14+,19-17+,21-18+,23-22+,29-27+/t41-/m1/s1. The van der Waals surface area contributed by atoms with Gasteiger partial charge in [0.25, 0.3) is 0 Å². The first kappa shape index (κ1) is 49.9. The van der Waals surface area contributed by atoms with Crippen LogP contribution in [0.2, 0.25) is 0 Å². The fourth-order valence-corrected chi connectivity index (χ4v) is 5.40. The van der Waals surface area contributed by atoms with Gasteiger partial charge in [-0.05, 0) is 70.6 Å². The molecule has 1 unspecified atom stereocenters. The SMILES string of the molecule is CC/C=C/C=C/C=C/C=C/CCCCCCCC(=O)O[C@H](COC(=O)CCC/C=C/C/C=C/C/C=C/C/C=C/CCCCC)COP(=O)(O)OCCN. The minimum Gasteiger partial charge on any atom is -0.462 e. The quantitative estimate of drug-likeness (QED) is 0.0213. The number of ether oxygens (including phenoxy) is 2. The molecule has 300 valence electrons. The van der Waals surface area contributed by atoms with Crippen molar-refractivity contribution in [3.63, 3.8) is 0 Å². The molecule has 0 aromatic heterocycles. The fraction of sp³-hybridized carbons (Fsp3) is 0.581. The molecule has 0 aromatic carbocycles. The number of nitrogens with two attached hydrogens (primary N) is 1. The Hall–Kier alpha value is -3.07. The van der Waals surface area contributed by atoms with Crippen molar-refractivity contribution in [2.75, 3.05) is 26.4 Å². The maximum atomic E-state index is 12.5. The van der Waals surface area contributed by atoms with Gasteiger partial charge in [0, 0.05) is 19.4 Å². The number of esters is 2. The molecule has 0 saturated carbocycles. The van der Waals surface area contributed by atoms with Crippen molar-refractivity contribution in [2.45, 2.75) is 136 Å². The Morgan fingerprint density at radius 2 is 1.13 bits per heavy atom. The molecule has 0 rings (SSSR count). The summed E-state index contributed by atoms with van der Waals surface area (Å²) in [4.78, 5) is 34.7. The smallest absolute Gasteiger partial charge is 0.462 e. The van der Waals surface area contributed by atoms with E-state index in [4.69, 9.17) is 24.3 Å². The van der Waals surface area contributed by atoms with Crippen LogP contribution in [0.25, 0.3) is 0 Å². The summed E-state index contributed by atoms with van der Waals surface area (Å²) in [5, 5.41) is 0. The summed E-state index contributed by atoms with van der Waals surface area (Å²) < 4.78 is 32.6. The highest BCUT2D eigenvalue weighted by atomic mass is 31.2. The van der Waals surface area contributed by atoms with E-state index in [0.717, 1.165) is 64.2 Å². The molecule has 0 heterocycles. The van der Waals surface area contributed by atoms with E-state index in [1.807, 2.05) is 36.5 Å². The van der Waals surface area contributed by atoms with E-state index < -0.39 is 32.5 Å². The van der Waals surface area contributed by atoms with Crippen LogP contribution in [0.5, 0.6) is 0 Å². The number of unbranched alkanes of at least 4 members (excludes halogenated alkanes) is 9. The van der Waals surface area contributed by atoms with Gasteiger partial charge in [-0.3, -0.25) is 18.6 Å². The van der Waals surface area contributed by atoms with Crippen molar-refractivity contribution in [3.8, 4) is 0 Å². The monoisotopic (exact) mass is 759 g/mol. The second-order valence-corrected chi connectivity index (χ2v) is 14.0. The molecule has 0 amide bonds. The van der Waals surface area contributed by atoms with Crippen LogP contribution < -0.4 is 5.73 Å². The van der Waals surface area contributed by atoms with Gasteiger partial charge in [0.2, 0.25) is 0 Å². The Bertz CT molecular complexity index is 1180. The van der Waals surface area contributed by atoms with E-state index in [9.17, 15) is 19.0 Å². The minimum absolute atomic E-state index is 0.0360. The Kier molecular flexibility index (Phi) is 36.4. The van der Waals surface area contributed by atoms with Crippen LogP contribution in [0, 0.1) is 0 Å². The predicted octanol–water partition coefficient (Wildman–Crippen LogP) is 11.0. The maximum absolute atomic E-state index is 12.5. The molecule has 0 bridgehead atoms. The lowest BCUT2D eigenvalue weighted by molar-refractivity contribution is -0.161. The summed E-state index contributed by atoms with van der Waals surface area (Å²) in [7, 11) is -4.40. The number of phosphoric ester groups is 1. The first-order chi connectivity index (χ1) is 25.8. The second-order valence-electron chi connectivity index (χ2n) is 12.5. The fourth-order valence-electron chi connectivity index (χ4n) is 4.63. The Labute approximate surface area is 321 Å². The Balaban J connectivity index is 4.37. The molecule has 3 N–H and O–H groups in total. The molecular weight excluding hydrogens is 689 g/mol. The van der Waals surface area contributed by atoms with Gasteiger partial charge in [0.05, 0.1) is 13.2 Å². The van der Waals surface area contributed by atoms with Gasteiger partial charge in [-0.2, -0.15) is 0 Å². The summed E-state index contributed by atoms with van der Waals surface area (Å²) in [6.45, 7) is 3.43. The molecule has 0 fully saturated rings. The molecule has 0 aliphatic carbocycles. The summed E-state index contributed by atoms with van der Waals surface area (Å²) in [6.07, 6.45) is 48.7. The van der Waals surface area contributed by atoms with Crippen LogP contribution in [0.3, 0.4) is 0 Å². The van der Waals surface area contributed by atoms with Crippen molar-refractivity contribution in [2.24, 2.45) is 5.73 Å². The lowest BCUT2D eigenvalue weighted by Crippen LogP contribution is -2.29. The molecule has 0 saturated heterocycles. The molecule has 2 atom stereocenters. The van der Waals surface area contributed by atoms with E-state index in [0.29, 0.717) is 12.8 Å². The van der Waals surface area contributed by atoms with Gasteiger partial charge in [-0.25, -0.2) is 4.57 Å². The van der Waals surface area contributed by atoms with Crippen LogP contribution in [0.4, 0.5) is 0 Å². The molecule has 0 spiro atoms. The van der Waals surface area contributed by atoms with Crippen LogP contribution in [-0.4, -0.2) is 49.3 Å². The van der Waals surface area contributed by atoms with Crippen molar-refractivity contribution in [3.05, 3.63) is 97.2 Å². The van der Waals surface area contributed by atoms with Crippen LogP contribution in [-0.2, 0) is 32.7 Å². The molecule has 53 heavy (non-hydrogen) atoms. The zero-order valence-corrected chi connectivity index (χ0v) is 33.6. The highest BCUT2D eigenvalue weighted by molar-refractivity contribution is 7.47. The third-order valence-corrected chi connectivity index (χ3v) is 8.53. The zero-order chi connectivity index (χ0) is 38.9. The molecule has 0 aromatic rings. The average molecular weight is 760 g/mol. The Morgan fingerprint density at radius 1 is 0.604 bits per heavy atom. The van der Waals surface area contributed by atoms with Gasteiger partial charge in [-0.15, -0.1) is 0 Å². The molecule has 0 aliphatic heterocycles. The van der Waals surface area contributed by atoms with E-state index in [1.165, 1.54) is 25.7 Å². The Morgan fingerprint density at radius 3 is 1.77 bits per heavy atom. The van der Waals surface area contributed by atoms with E-state index in [-0.39, 0.29) is 32.6 Å². The third kappa shape index (κ3) is 38.5. The summed E-state index contributed by atoms with van der Waals surface area (Å²) in [5.74, 6) is -0.934. The van der Waals surface area contributed by atoms with Crippen molar-refractivity contribution in [1.29, 1.82) is 0 Å². The number of hydrogen-bond donors (Lipinski definition) is 2. The van der Waals surface area contributed by atoms with Gasteiger partial charge in [-0.1, -0.05) is 143 Å². The summed E-state index contributed by atoms with van der Waals surface area (Å²) >= 11 is 0. The predicted molar refractivity (Wildman–Crippen MR) is 219 cm³/mol. The first-order valence-corrected chi connectivity index (χ1v) is 21.3. The van der Waals surface area contributed by atoms with Gasteiger partial charge in [0.1, 0.15) is 6.61 Å². The highest BCUT2D eigenvalue weighted by Crippen LogP contribution is 2.43. The lowest BCUT2D eigenvalue weighted by atomic mass is 10.1. The van der Waals surface area contributed by atoms with Crippen molar-refractivity contribution >= 4 is 19.8 Å². The average Bonchev–Trinajstić information content (AvgIpc) is 3.14. The third-order valence-electron chi connectivity index (χ3n) is 7.55. The highest BCUT2D eigenvalue weighted by Gasteiger charge is 2.25. The topological polar surface area (TPSA) is 134 Å². The number of carbonyl (C=O) groups excluding carboxylic acids is 2. The number of hydrogen-bond acceptors (Lipinski definition) is 8. The zero-order valence-electron chi connectivity index (χ0n) is 32.7. The van der Waals surface area contributed by atoms with E-state index in [2.05, 4.69) is 74.6 Å². The maximum Gasteiger partial charge on any atom is 0.472 e. The largest absolute Gasteiger partial charge is 0.472 e. The summed E-state index contributed by atoms with van der Waals surface area (Å²) in [5.41, 5.74) is 5.33. The van der Waals surface area contributed by atoms with Gasteiger partial charge < -0.3 is 20.1 Å². The van der Waals surface area contributed by atoms with Gasteiger partial charge >= 0.3 is 19.8 Å². The van der Waals surface area contributed by atoms with Gasteiger partial charge in [0.15, 0.2) is 6.10 Å². The molecule has 9 nitrogen and oxygen atoms in total. The molecule has 0 radical (unpaired) electrons. The van der Waals surface area contributed by atoms with Crippen molar-refractivity contribution in [1.82, 2.24) is 0 Å². The number of rotatable bonds is 35. The van der Waals surface area contributed by atoms with E-state index in [1.54, 1.807) is 0 Å². The molecular formula is C43H70NO8P. The van der Waals surface area contributed by atoms with Crippen molar-refractivity contribution < 1.29 is 37.6 Å². The number of allylic oxidation sites excluding steroid dienone is 16. The number of phosphoric acid groups is 1. The van der Waals surface area contributed by atoms with Crippen LogP contribution in [0.1, 0.15) is 129 Å². The number of carbonyl (C=O) groups is 2. The summed E-state index contributed by atoms with van der Waals surface area (Å²) in [6, 6.07) is 0. The normalized spacial score (nSPS) is 14.4. The van der Waals surface area contributed by atoms with Crippen LogP contribution >= 0.6 is 7.82 Å². The lowest BCUT2D eigenvalue weighted by Gasteiger charge is -2.19. The minimum atomic E-state index is -4.40. The molecule has 0 aliphatic rings.